The first-order valence-corrected chi connectivity index (χ1v) is 7.30. The molecule has 2 N–H and O–H groups in total. The summed E-state index contributed by atoms with van der Waals surface area (Å²) < 4.78 is 42.5. The summed E-state index contributed by atoms with van der Waals surface area (Å²) in [5.41, 5.74) is 6.40. The Morgan fingerprint density at radius 3 is 2.55 bits per heavy atom. The molecule has 1 aromatic carbocycles. The van der Waals surface area contributed by atoms with E-state index in [0.29, 0.717) is 11.7 Å². The largest absolute Gasteiger partial charge is 0.416 e. The van der Waals surface area contributed by atoms with Gasteiger partial charge in [0.2, 0.25) is 6.33 Å². The summed E-state index contributed by atoms with van der Waals surface area (Å²) in [7, 11) is 0. The van der Waals surface area contributed by atoms with Gasteiger partial charge >= 0.3 is 6.18 Å². The molecule has 2 rings (SSSR count). The summed E-state index contributed by atoms with van der Waals surface area (Å²) in [4.78, 5) is 0. The number of rotatable bonds is 4. The number of benzene rings is 1. The van der Waals surface area contributed by atoms with Crippen molar-refractivity contribution >= 4 is 5.69 Å². The molecule has 6 heteroatoms. The van der Waals surface area contributed by atoms with E-state index in [0.717, 1.165) is 30.7 Å². The summed E-state index contributed by atoms with van der Waals surface area (Å²) in [6.07, 6.45) is 1.30. The molecule has 1 aromatic heterocycles. The van der Waals surface area contributed by atoms with Crippen LogP contribution in [0.3, 0.4) is 0 Å². The lowest BCUT2D eigenvalue weighted by Gasteiger charge is -2.09. The van der Waals surface area contributed by atoms with E-state index in [1.54, 1.807) is 10.6 Å². The Bertz CT molecular complexity index is 659. The third-order valence-electron chi connectivity index (χ3n) is 3.73. The highest BCUT2D eigenvalue weighted by atomic mass is 19.4. The van der Waals surface area contributed by atoms with E-state index >= 15 is 0 Å². The number of alkyl halides is 3. The molecule has 0 radical (unpaired) electrons. The normalized spacial score (nSPS) is 13.4. The van der Waals surface area contributed by atoms with Crippen molar-refractivity contribution in [3.63, 3.8) is 0 Å². The summed E-state index contributed by atoms with van der Waals surface area (Å²) in [5.74, 6) is 0. The molecule has 0 fully saturated rings. The number of hydrogen-bond donors (Lipinski definition) is 1. The zero-order valence-electron chi connectivity index (χ0n) is 13.0. The molecule has 1 heterocycles. The number of halogens is 3. The highest BCUT2D eigenvalue weighted by Crippen LogP contribution is 2.31. The van der Waals surface area contributed by atoms with Crippen molar-refractivity contribution in [3.05, 3.63) is 42.0 Å². The van der Waals surface area contributed by atoms with E-state index in [9.17, 15) is 13.2 Å². The van der Waals surface area contributed by atoms with Crippen LogP contribution in [0.25, 0.3) is 5.69 Å². The van der Waals surface area contributed by atoms with Crippen LogP contribution in [0.5, 0.6) is 0 Å². The summed E-state index contributed by atoms with van der Waals surface area (Å²) in [5, 5.41) is 0. The highest BCUT2D eigenvalue weighted by Gasteiger charge is 2.32. The summed E-state index contributed by atoms with van der Waals surface area (Å²) in [6, 6.07) is 3.91. The van der Waals surface area contributed by atoms with Gasteiger partial charge in [-0.15, -0.1) is 0 Å². The van der Waals surface area contributed by atoms with Crippen LogP contribution in [0.4, 0.5) is 18.9 Å². The van der Waals surface area contributed by atoms with Crippen molar-refractivity contribution in [1.82, 2.24) is 4.57 Å². The number of hydrogen-bond acceptors (Lipinski definition) is 1. The van der Waals surface area contributed by atoms with Crippen LogP contribution in [0.2, 0.25) is 0 Å². The molecule has 0 amide bonds. The molecular formula is C16H21F3N3+. The molecule has 0 aliphatic rings. The second-order valence-corrected chi connectivity index (χ2v) is 5.65. The number of anilines is 1. The molecule has 2 aromatic rings. The van der Waals surface area contributed by atoms with Gasteiger partial charge in [0.1, 0.15) is 17.6 Å². The van der Waals surface area contributed by atoms with Crippen LogP contribution in [0.1, 0.15) is 44.0 Å². The predicted molar refractivity (Wildman–Crippen MR) is 79.7 cm³/mol. The van der Waals surface area contributed by atoms with Crippen molar-refractivity contribution in [1.29, 1.82) is 0 Å². The number of imidazole rings is 1. The van der Waals surface area contributed by atoms with Gasteiger partial charge in [0.15, 0.2) is 0 Å². The van der Waals surface area contributed by atoms with E-state index < -0.39 is 11.7 Å². The zero-order valence-corrected chi connectivity index (χ0v) is 13.0. The van der Waals surface area contributed by atoms with Gasteiger partial charge in [0.25, 0.3) is 0 Å². The van der Waals surface area contributed by atoms with Gasteiger partial charge in [-0.3, -0.25) is 0 Å². The Hall–Kier alpha value is -1.98. The van der Waals surface area contributed by atoms with Crippen molar-refractivity contribution in [2.75, 3.05) is 5.73 Å². The monoisotopic (exact) mass is 312 g/mol. The molecule has 120 valence electrons. The maximum atomic E-state index is 12.9. The van der Waals surface area contributed by atoms with E-state index in [1.165, 1.54) is 0 Å². The topological polar surface area (TPSA) is 34.8 Å². The van der Waals surface area contributed by atoms with Gasteiger partial charge in [-0.25, -0.2) is 9.13 Å². The van der Waals surface area contributed by atoms with Crippen LogP contribution in [0.15, 0.2) is 30.7 Å². The quantitative estimate of drug-likeness (QED) is 0.671. The van der Waals surface area contributed by atoms with Crippen LogP contribution in [-0.4, -0.2) is 4.57 Å². The molecule has 0 saturated heterocycles. The van der Waals surface area contributed by atoms with Crippen LogP contribution in [0, 0.1) is 6.92 Å². The Balaban J connectivity index is 2.45. The third-order valence-corrected chi connectivity index (χ3v) is 3.73. The van der Waals surface area contributed by atoms with Crippen LogP contribution < -0.4 is 10.3 Å². The maximum Gasteiger partial charge on any atom is 0.416 e. The fourth-order valence-corrected chi connectivity index (χ4v) is 2.63. The SMILES string of the molecule is CCCC(C)n1c[n+](-c2cc(N)cc(C(F)(F)F)c2)cc1C. The van der Waals surface area contributed by atoms with Gasteiger partial charge in [-0.1, -0.05) is 13.3 Å². The Labute approximate surface area is 128 Å². The predicted octanol–water partition coefficient (Wildman–Crippen LogP) is 4.04. The van der Waals surface area contributed by atoms with Gasteiger partial charge in [0.05, 0.1) is 11.6 Å². The standard InChI is InChI=1S/C16H21F3N3/c1-4-5-11(2)22-10-21(9-12(22)3)15-7-13(16(17,18)19)6-14(20)8-15/h6-11H,4-5,20H2,1-3H3/q+1. The molecular weight excluding hydrogens is 291 g/mol. The maximum absolute atomic E-state index is 12.9. The van der Waals surface area contributed by atoms with E-state index in [1.807, 2.05) is 19.4 Å². The first-order chi connectivity index (χ1) is 10.2. The molecule has 1 unspecified atom stereocenters. The minimum atomic E-state index is -4.40. The lowest BCUT2D eigenvalue weighted by Crippen LogP contribution is -2.28. The molecule has 0 aliphatic carbocycles. The molecule has 0 bridgehead atoms. The second-order valence-electron chi connectivity index (χ2n) is 5.65. The smallest absolute Gasteiger partial charge is 0.399 e. The second kappa shape index (κ2) is 6.02. The van der Waals surface area contributed by atoms with E-state index in [4.69, 9.17) is 5.73 Å². The van der Waals surface area contributed by atoms with Crippen molar-refractivity contribution in [3.8, 4) is 5.69 Å². The van der Waals surface area contributed by atoms with E-state index in [-0.39, 0.29) is 5.69 Å². The first kappa shape index (κ1) is 16.4. The van der Waals surface area contributed by atoms with Gasteiger partial charge in [-0.05, 0) is 25.5 Å². The minimum Gasteiger partial charge on any atom is -0.399 e. The molecule has 22 heavy (non-hydrogen) atoms. The molecule has 0 spiro atoms. The summed E-state index contributed by atoms with van der Waals surface area (Å²) in [6.45, 7) is 6.15. The first-order valence-electron chi connectivity index (χ1n) is 7.30. The lowest BCUT2D eigenvalue weighted by molar-refractivity contribution is -0.595. The molecule has 0 saturated carbocycles. The summed E-state index contributed by atoms with van der Waals surface area (Å²) >= 11 is 0. The number of aryl methyl sites for hydroxylation is 1. The highest BCUT2D eigenvalue weighted by molar-refractivity contribution is 5.48. The van der Waals surface area contributed by atoms with Gasteiger partial charge < -0.3 is 5.73 Å². The zero-order chi connectivity index (χ0) is 16.5. The Kier molecular flexibility index (Phi) is 4.49. The third kappa shape index (κ3) is 3.43. The van der Waals surface area contributed by atoms with Crippen molar-refractivity contribution in [2.24, 2.45) is 0 Å². The number of nitrogens with two attached hydrogens (primary N) is 1. The van der Waals surface area contributed by atoms with Crippen LogP contribution >= 0.6 is 0 Å². The molecule has 1 atom stereocenters. The van der Waals surface area contributed by atoms with Crippen molar-refractivity contribution in [2.45, 2.75) is 45.8 Å². The number of nitrogens with zero attached hydrogens (tertiary/aromatic N) is 2. The average molecular weight is 312 g/mol. The minimum absolute atomic E-state index is 0.101. The van der Waals surface area contributed by atoms with Gasteiger partial charge in [0, 0.05) is 18.7 Å². The Morgan fingerprint density at radius 1 is 1.27 bits per heavy atom. The van der Waals surface area contributed by atoms with Crippen molar-refractivity contribution < 1.29 is 17.7 Å². The van der Waals surface area contributed by atoms with E-state index in [2.05, 4.69) is 18.4 Å². The fraction of sp³-hybridized carbons (Fsp3) is 0.438. The number of aromatic nitrogens is 2. The Morgan fingerprint density at radius 2 is 1.95 bits per heavy atom. The van der Waals surface area contributed by atoms with Gasteiger partial charge in [-0.2, -0.15) is 13.2 Å². The average Bonchev–Trinajstić information content (AvgIpc) is 2.79. The molecule has 3 nitrogen and oxygen atoms in total. The van der Waals surface area contributed by atoms with Crippen LogP contribution in [-0.2, 0) is 6.18 Å². The number of nitrogen functional groups attached to an aromatic ring is 1. The fourth-order valence-electron chi connectivity index (χ4n) is 2.63. The molecule has 0 aliphatic heterocycles. The lowest BCUT2D eigenvalue weighted by atomic mass is 10.1.